The van der Waals surface area contributed by atoms with Crippen molar-refractivity contribution in [3.63, 3.8) is 0 Å². The van der Waals surface area contributed by atoms with Crippen molar-refractivity contribution in [3.05, 3.63) is 29.8 Å². The highest BCUT2D eigenvalue weighted by Crippen LogP contribution is 2.31. The number of benzene rings is 1. The fourth-order valence-electron chi connectivity index (χ4n) is 3.59. The number of hydrogen-bond donors (Lipinski definition) is 1. The van der Waals surface area contributed by atoms with Crippen molar-refractivity contribution in [2.75, 3.05) is 11.4 Å². The van der Waals surface area contributed by atoms with Gasteiger partial charge in [-0.25, -0.2) is 0 Å². The van der Waals surface area contributed by atoms with Crippen LogP contribution in [0.25, 0.3) is 0 Å². The van der Waals surface area contributed by atoms with E-state index in [1.54, 1.807) is 0 Å². The van der Waals surface area contributed by atoms with Gasteiger partial charge in [-0.15, -0.1) is 0 Å². The molecule has 1 aromatic rings. The summed E-state index contributed by atoms with van der Waals surface area (Å²) in [6.07, 6.45) is 7.38. The van der Waals surface area contributed by atoms with E-state index in [2.05, 4.69) is 18.2 Å². The van der Waals surface area contributed by atoms with E-state index in [9.17, 15) is 4.79 Å². The highest BCUT2D eigenvalue weighted by Gasteiger charge is 2.30. The molecule has 1 aliphatic heterocycles. The van der Waals surface area contributed by atoms with Crippen LogP contribution < -0.4 is 10.6 Å². The average molecular weight is 272 g/mol. The Morgan fingerprint density at radius 3 is 2.85 bits per heavy atom. The Hall–Kier alpha value is -1.35. The molecule has 2 aliphatic rings. The zero-order valence-electron chi connectivity index (χ0n) is 12.1. The Bertz CT molecular complexity index is 486. The number of anilines is 1. The lowest BCUT2D eigenvalue weighted by molar-refractivity contribution is -0.123. The maximum absolute atomic E-state index is 12.9. The first-order valence-electron chi connectivity index (χ1n) is 7.90. The maximum Gasteiger partial charge on any atom is 0.230 e. The van der Waals surface area contributed by atoms with Crippen LogP contribution in [0.4, 0.5) is 5.69 Å². The third kappa shape index (κ3) is 2.73. The van der Waals surface area contributed by atoms with Gasteiger partial charge in [-0.1, -0.05) is 24.6 Å². The number of nitrogens with two attached hydrogens (primary N) is 1. The van der Waals surface area contributed by atoms with Crippen LogP contribution in [0.5, 0.6) is 0 Å². The first-order chi connectivity index (χ1) is 9.75. The van der Waals surface area contributed by atoms with E-state index in [0.29, 0.717) is 5.91 Å². The Kier molecular flexibility index (Phi) is 4.06. The third-order valence-corrected chi connectivity index (χ3v) is 4.69. The van der Waals surface area contributed by atoms with Crippen LogP contribution in [-0.4, -0.2) is 18.5 Å². The van der Waals surface area contributed by atoms with Gasteiger partial charge in [0.2, 0.25) is 5.91 Å². The molecule has 0 aromatic heterocycles. The van der Waals surface area contributed by atoms with Gasteiger partial charge in [0.15, 0.2) is 0 Å². The molecule has 3 heteroatoms. The number of aryl methyl sites for hydroxylation is 1. The van der Waals surface area contributed by atoms with Gasteiger partial charge in [0, 0.05) is 24.2 Å². The highest BCUT2D eigenvalue weighted by molar-refractivity contribution is 5.96. The molecule has 1 aromatic carbocycles. The van der Waals surface area contributed by atoms with E-state index < -0.39 is 0 Å². The molecule has 0 saturated heterocycles. The number of carbonyl (C=O) groups excluding carboxylic acids is 1. The third-order valence-electron chi connectivity index (χ3n) is 4.69. The van der Waals surface area contributed by atoms with Crippen LogP contribution in [-0.2, 0) is 11.2 Å². The van der Waals surface area contributed by atoms with E-state index in [-0.39, 0.29) is 12.0 Å². The number of carbonyl (C=O) groups is 1. The summed E-state index contributed by atoms with van der Waals surface area (Å²) >= 11 is 0. The SMILES string of the molecule is NC1CCCC(C(=O)N2CCCCc3ccccc32)C1. The molecule has 1 heterocycles. The molecule has 2 unspecified atom stereocenters. The monoisotopic (exact) mass is 272 g/mol. The Labute approximate surface area is 121 Å². The van der Waals surface area contributed by atoms with Crippen LogP contribution in [0, 0.1) is 5.92 Å². The summed E-state index contributed by atoms with van der Waals surface area (Å²) in [4.78, 5) is 14.9. The minimum atomic E-state index is 0.130. The molecule has 20 heavy (non-hydrogen) atoms. The molecule has 1 saturated carbocycles. The van der Waals surface area contributed by atoms with Gasteiger partial charge < -0.3 is 10.6 Å². The first kappa shape index (κ1) is 13.6. The van der Waals surface area contributed by atoms with Crippen molar-refractivity contribution in [1.29, 1.82) is 0 Å². The van der Waals surface area contributed by atoms with E-state index in [4.69, 9.17) is 5.73 Å². The van der Waals surface area contributed by atoms with Crippen LogP contribution in [0.15, 0.2) is 24.3 Å². The normalized spacial score (nSPS) is 26.8. The van der Waals surface area contributed by atoms with Crippen molar-refractivity contribution in [1.82, 2.24) is 0 Å². The molecule has 108 valence electrons. The molecule has 1 amide bonds. The summed E-state index contributed by atoms with van der Waals surface area (Å²) in [5.41, 5.74) is 8.50. The number of para-hydroxylation sites is 1. The molecule has 3 nitrogen and oxygen atoms in total. The van der Waals surface area contributed by atoms with Crippen LogP contribution in [0.2, 0.25) is 0 Å². The van der Waals surface area contributed by atoms with Crippen molar-refractivity contribution in [2.45, 2.75) is 51.0 Å². The van der Waals surface area contributed by atoms with E-state index in [0.717, 1.165) is 50.8 Å². The van der Waals surface area contributed by atoms with Gasteiger partial charge in [-0.2, -0.15) is 0 Å². The van der Waals surface area contributed by atoms with Gasteiger partial charge in [-0.3, -0.25) is 4.79 Å². The van der Waals surface area contributed by atoms with Crippen LogP contribution >= 0.6 is 0 Å². The summed E-state index contributed by atoms with van der Waals surface area (Å²) in [5.74, 6) is 0.430. The van der Waals surface area contributed by atoms with Gasteiger partial charge in [-0.05, 0) is 50.2 Å². The molecule has 1 fully saturated rings. The Balaban J connectivity index is 1.83. The van der Waals surface area contributed by atoms with Crippen molar-refractivity contribution >= 4 is 11.6 Å². The van der Waals surface area contributed by atoms with Crippen molar-refractivity contribution in [2.24, 2.45) is 11.7 Å². The molecule has 0 spiro atoms. The fraction of sp³-hybridized carbons (Fsp3) is 0.588. The van der Waals surface area contributed by atoms with Gasteiger partial charge in [0.1, 0.15) is 0 Å². The molecule has 3 rings (SSSR count). The smallest absolute Gasteiger partial charge is 0.230 e. The topological polar surface area (TPSA) is 46.3 Å². The zero-order chi connectivity index (χ0) is 13.9. The van der Waals surface area contributed by atoms with Gasteiger partial charge in [0.05, 0.1) is 0 Å². The summed E-state index contributed by atoms with van der Waals surface area (Å²) in [6.45, 7) is 0.863. The predicted molar refractivity (Wildman–Crippen MR) is 81.7 cm³/mol. The standard InChI is InChI=1S/C17H24N2O/c18-15-9-5-8-14(12-15)17(20)19-11-4-3-7-13-6-1-2-10-16(13)19/h1-2,6,10,14-15H,3-5,7-9,11-12,18H2. The van der Waals surface area contributed by atoms with Crippen LogP contribution in [0.1, 0.15) is 44.1 Å². The lowest BCUT2D eigenvalue weighted by atomic mass is 9.85. The maximum atomic E-state index is 12.9. The van der Waals surface area contributed by atoms with E-state index in [1.165, 1.54) is 12.0 Å². The molecule has 1 aliphatic carbocycles. The molecule has 2 N–H and O–H groups in total. The fourth-order valence-corrected chi connectivity index (χ4v) is 3.59. The highest BCUT2D eigenvalue weighted by atomic mass is 16.2. The summed E-state index contributed by atoms with van der Waals surface area (Å²) in [5, 5.41) is 0. The second-order valence-corrected chi connectivity index (χ2v) is 6.20. The summed E-state index contributed by atoms with van der Waals surface area (Å²) in [6, 6.07) is 8.58. The average Bonchev–Trinajstić information content (AvgIpc) is 2.69. The minimum absolute atomic E-state index is 0.130. The molecule has 2 atom stereocenters. The number of hydrogen-bond acceptors (Lipinski definition) is 2. The minimum Gasteiger partial charge on any atom is -0.328 e. The van der Waals surface area contributed by atoms with E-state index >= 15 is 0 Å². The second-order valence-electron chi connectivity index (χ2n) is 6.20. The molecular weight excluding hydrogens is 248 g/mol. The number of nitrogens with zero attached hydrogens (tertiary/aromatic N) is 1. The summed E-state index contributed by atoms with van der Waals surface area (Å²) < 4.78 is 0. The van der Waals surface area contributed by atoms with Crippen molar-refractivity contribution in [3.8, 4) is 0 Å². The number of fused-ring (bicyclic) bond motifs is 1. The lowest BCUT2D eigenvalue weighted by Crippen LogP contribution is -2.41. The van der Waals surface area contributed by atoms with E-state index in [1.807, 2.05) is 11.0 Å². The molecular formula is C17H24N2O. The zero-order valence-corrected chi connectivity index (χ0v) is 12.1. The molecule has 0 radical (unpaired) electrons. The quantitative estimate of drug-likeness (QED) is 0.854. The Morgan fingerprint density at radius 1 is 1.15 bits per heavy atom. The first-order valence-corrected chi connectivity index (χ1v) is 7.90. The van der Waals surface area contributed by atoms with Gasteiger partial charge in [0.25, 0.3) is 0 Å². The van der Waals surface area contributed by atoms with Gasteiger partial charge >= 0.3 is 0 Å². The second kappa shape index (κ2) is 5.96. The predicted octanol–water partition coefficient (Wildman–Crippen LogP) is 2.87. The number of amides is 1. The lowest BCUT2D eigenvalue weighted by Gasteiger charge is -2.31. The number of rotatable bonds is 1. The summed E-state index contributed by atoms with van der Waals surface area (Å²) in [7, 11) is 0. The van der Waals surface area contributed by atoms with Crippen LogP contribution in [0.3, 0.4) is 0 Å². The Morgan fingerprint density at radius 2 is 2.00 bits per heavy atom. The molecule has 0 bridgehead atoms. The largest absolute Gasteiger partial charge is 0.328 e. The van der Waals surface area contributed by atoms with Crippen molar-refractivity contribution < 1.29 is 4.79 Å².